The van der Waals surface area contributed by atoms with Gasteiger partial charge in [0, 0.05) is 24.6 Å². The van der Waals surface area contributed by atoms with E-state index in [4.69, 9.17) is 0 Å². The first-order valence-corrected chi connectivity index (χ1v) is 9.44. The molecule has 7 nitrogen and oxygen atoms in total. The van der Waals surface area contributed by atoms with Crippen LogP contribution in [-0.4, -0.2) is 35.7 Å². The van der Waals surface area contributed by atoms with E-state index in [1.807, 2.05) is 26.8 Å². The number of allylic oxidation sites excluding steroid dienone is 1. The molecule has 0 saturated heterocycles. The molecule has 1 fully saturated rings. The highest BCUT2D eigenvalue weighted by Gasteiger charge is 2.31. The molecule has 2 heterocycles. The van der Waals surface area contributed by atoms with Crippen molar-refractivity contribution in [2.45, 2.75) is 62.5 Å². The molecule has 25 heavy (non-hydrogen) atoms. The molecule has 0 radical (unpaired) electrons. The topological polar surface area (TPSA) is 77.6 Å². The summed E-state index contributed by atoms with van der Waals surface area (Å²) in [6.07, 6.45) is 5.85. The number of thioether (sulfide) groups is 1. The van der Waals surface area contributed by atoms with Gasteiger partial charge in [0.25, 0.3) is 0 Å². The number of rotatable bonds is 8. The molecule has 3 rings (SSSR count). The lowest BCUT2D eigenvalue weighted by atomic mass is 10.4. The molecule has 0 aliphatic heterocycles. The first-order valence-electron chi connectivity index (χ1n) is 8.56. The molecular weight excluding hydrogens is 336 g/mol. The zero-order valence-electron chi connectivity index (χ0n) is 14.8. The minimum Gasteiger partial charge on any atom is -0.310 e. The van der Waals surface area contributed by atoms with E-state index in [0.717, 1.165) is 23.8 Å². The number of hydrogen-bond donors (Lipinski definition) is 1. The second-order valence-corrected chi connectivity index (χ2v) is 7.83. The average molecular weight is 360 g/mol. The van der Waals surface area contributed by atoms with Gasteiger partial charge in [0.2, 0.25) is 5.91 Å². The Morgan fingerprint density at radius 2 is 2.20 bits per heavy atom. The highest BCUT2D eigenvalue weighted by atomic mass is 32.2. The number of aromatic nitrogens is 5. The fourth-order valence-electron chi connectivity index (χ4n) is 2.60. The second-order valence-electron chi connectivity index (χ2n) is 6.52. The van der Waals surface area contributed by atoms with Gasteiger partial charge in [-0.05, 0) is 33.6 Å². The Balaban J connectivity index is 1.69. The predicted molar refractivity (Wildman–Crippen MR) is 98.8 cm³/mol. The normalized spacial score (nSPS) is 15.4. The summed E-state index contributed by atoms with van der Waals surface area (Å²) in [6.45, 7) is 10.4. The van der Waals surface area contributed by atoms with Crippen molar-refractivity contribution in [3.63, 3.8) is 0 Å². The average Bonchev–Trinajstić information content (AvgIpc) is 3.18. The molecule has 0 aromatic carbocycles. The van der Waals surface area contributed by atoms with Crippen molar-refractivity contribution in [1.82, 2.24) is 24.5 Å². The Kier molecular flexibility index (Phi) is 5.27. The quantitative estimate of drug-likeness (QED) is 0.578. The van der Waals surface area contributed by atoms with Crippen molar-refractivity contribution in [3.8, 4) is 0 Å². The maximum atomic E-state index is 12.6. The SMILES string of the molecule is C=CCn1c(SC(C)C(=O)Nc2ccnn2C(C)C)nnc1C1CC1. The number of hydrogen-bond acceptors (Lipinski definition) is 5. The van der Waals surface area contributed by atoms with Crippen molar-refractivity contribution in [2.24, 2.45) is 0 Å². The predicted octanol–water partition coefficient (Wildman–Crippen LogP) is 3.24. The third-order valence-electron chi connectivity index (χ3n) is 4.06. The van der Waals surface area contributed by atoms with Crippen LogP contribution in [0.3, 0.4) is 0 Å². The Bertz CT molecular complexity index is 761. The first-order chi connectivity index (χ1) is 12.0. The van der Waals surface area contributed by atoms with Gasteiger partial charge < -0.3 is 9.88 Å². The maximum absolute atomic E-state index is 12.6. The fourth-order valence-corrected chi connectivity index (χ4v) is 3.46. The first kappa shape index (κ1) is 17.7. The molecule has 8 heteroatoms. The number of carbonyl (C=O) groups excluding carboxylic acids is 1. The highest BCUT2D eigenvalue weighted by Crippen LogP contribution is 2.40. The van der Waals surface area contributed by atoms with Crippen molar-refractivity contribution < 1.29 is 4.79 Å². The standard InChI is InChI=1S/C17H24N6OS/c1-5-10-22-15(13-6-7-13)20-21-17(22)25-12(4)16(24)19-14-8-9-18-23(14)11(2)3/h5,8-9,11-13H,1,6-7,10H2,2-4H3,(H,19,24). The largest absolute Gasteiger partial charge is 0.310 e. The minimum absolute atomic E-state index is 0.0754. The molecule has 1 amide bonds. The Morgan fingerprint density at radius 1 is 1.44 bits per heavy atom. The van der Waals surface area contributed by atoms with E-state index in [1.54, 1.807) is 16.9 Å². The number of anilines is 1. The van der Waals surface area contributed by atoms with Gasteiger partial charge in [0.15, 0.2) is 5.16 Å². The van der Waals surface area contributed by atoms with E-state index in [0.29, 0.717) is 18.3 Å². The summed E-state index contributed by atoms with van der Waals surface area (Å²) in [5.74, 6) is 2.14. The summed E-state index contributed by atoms with van der Waals surface area (Å²) in [6, 6.07) is 1.99. The third kappa shape index (κ3) is 3.95. The molecule has 1 aliphatic carbocycles. The lowest BCUT2D eigenvalue weighted by Gasteiger charge is -2.15. The molecule has 2 aromatic heterocycles. The summed E-state index contributed by atoms with van der Waals surface area (Å²) in [7, 11) is 0. The van der Waals surface area contributed by atoms with Crippen molar-refractivity contribution in [2.75, 3.05) is 5.32 Å². The second kappa shape index (κ2) is 7.43. The van der Waals surface area contributed by atoms with Crippen LogP contribution in [-0.2, 0) is 11.3 Å². The number of nitrogens with zero attached hydrogens (tertiary/aromatic N) is 5. The lowest BCUT2D eigenvalue weighted by Crippen LogP contribution is -2.25. The zero-order chi connectivity index (χ0) is 18.0. The number of nitrogens with one attached hydrogen (secondary N) is 1. The smallest absolute Gasteiger partial charge is 0.238 e. The minimum atomic E-state index is -0.296. The zero-order valence-corrected chi connectivity index (χ0v) is 15.7. The van der Waals surface area contributed by atoms with Crippen LogP contribution >= 0.6 is 11.8 Å². The fraction of sp³-hybridized carbons (Fsp3) is 0.529. The maximum Gasteiger partial charge on any atom is 0.238 e. The Hall–Kier alpha value is -2.09. The van der Waals surface area contributed by atoms with Crippen LogP contribution < -0.4 is 5.32 Å². The van der Waals surface area contributed by atoms with Crippen molar-refractivity contribution in [1.29, 1.82) is 0 Å². The van der Waals surface area contributed by atoms with Crippen molar-refractivity contribution in [3.05, 3.63) is 30.7 Å². The van der Waals surface area contributed by atoms with Crippen LogP contribution in [0.25, 0.3) is 0 Å². The van der Waals surface area contributed by atoms with Gasteiger partial charge in [0.1, 0.15) is 11.6 Å². The van der Waals surface area contributed by atoms with E-state index in [-0.39, 0.29) is 17.2 Å². The van der Waals surface area contributed by atoms with Crippen molar-refractivity contribution >= 4 is 23.5 Å². The van der Waals surface area contributed by atoms with Gasteiger partial charge in [-0.25, -0.2) is 4.68 Å². The highest BCUT2D eigenvalue weighted by molar-refractivity contribution is 8.00. The molecule has 1 unspecified atom stereocenters. The van der Waals surface area contributed by atoms with E-state index in [2.05, 4.69) is 31.8 Å². The molecule has 0 bridgehead atoms. The third-order valence-corrected chi connectivity index (χ3v) is 5.14. The van der Waals surface area contributed by atoms with Crippen LogP contribution in [0.15, 0.2) is 30.1 Å². The molecule has 0 spiro atoms. The Morgan fingerprint density at radius 3 is 2.84 bits per heavy atom. The molecule has 1 N–H and O–H groups in total. The van der Waals surface area contributed by atoms with E-state index in [9.17, 15) is 4.79 Å². The lowest BCUT2D eigenvalue weighted by molar-refractivity contribution is -0.115. The number of amides is 1. The summed E-state index contributed by atoms with van der Waals surface area (Å²) in [5, 5.41) is 16.3. The summed E-state index contributed by atoms with van der Waals surface area (Å²) < 4.78 is 3.86. The molecule has 134 valence electrons. The van der Waals surface area contributed by atoms with Gasteiger partial charge >= 0.3 is 0 Å². The molecule has 2 aromatic rings. The van der Waals surface area contributed by atoms with Crippen LogP contribution in [0.2, 0.25) is 0 Å². The summed E-state index contributed by atoms with van der Waals surface area (Å²) in [4.78, 5) is 12.6. The van der Waals surface area contributed by atoms with E-state index in [1.165, 1.54) is 11.8 Å². The van der Waals surface area contributed by atoms with E-state index >= 15 is 0 Å². The van der Waals surface area contributed by atoms with Crippen LogP contribution in [0.5, 0.6) is 0 Å². The number of carbonyl (C=O) groups is 1. The van der Waals surface area contributed by atoms with Gasteiger partial charge in [0.05, 0.1) is 11.4 Å². The monoisotopic (exact) mass is 360 g/mol. The van der Waals surface area contributed by atoms with Gasteiger partial charge in [-0.3, -0.25) is 4.79 Å². The van der Waals surface area contributed by atoms with Crippen LogP contribution in [0.1, 0.15) is 51.4 Å². The molecular formula is C17H24N6OS. The van der Waals surface area contributed by atoms with Gasteiger partial charge in [-0.15, -0.1) is 16.8 Å². The van der Waals surface area contributed by atoms with E-state index < -0.39 is 0 Å². The van der Waals surface area contributed by atoms with Crippen LogP contribution in [0.4, 0.5) is 5.82 Å². The van der Waals surface area contributed by atoms with Crippen LogP contribution in [0, 0.1) is 0 Å². The Labute approximate surface area is 151 Å². The van der Waals surface area contributed by atoms with Gasteiger partial charge in [-0.1, -0.05) is 17.8 Å². The summed E-state index contributed by atoms with van der Waals surface area (Å²) >= 11 is 1.42. The molecule has 1 aliphatic rings. The van der Waals surface area contributed by atoms with Gasteiger partial charge in [-0.2, -0.15) is 5.10 Å². The summed E-state index contributed by atoms with van der Waals surface area (Å²) in [5.41, 5.74) is 0. The molecule has 1 saturated carbocycles. The molecule has 1 atom stereocenters.